The number of nitro groups is 2. The number of hydrogen-bond donors (Lipinski definition) is 0. The lowest BCUT2D eigenvalue weighted by Crippen LogP contribution is -2.48. The molecule has 10 nitrogen and oxygen atoms in total. The summed E-state index contributed by atoms with van der Waals surface area (Å²) >= 11 is 0. The van der Waals surface area contributed by atoms with Crippen molar-refractivity contribution in [3.05, 3.63) is 68.3 Å². The van der Waals surface area contributed by atoms with E-state index in [2.05, 4.69) is 0 Å². The van der Waals surface area contributed by atoms with Crippen LogP contribution in [0.1, 0.15) is 10.4 Å². The van der Waals surface area contributed by atoms with E-state index < -0.39 is 9.85 Å². The van der Waals surface area contributed by atoms with Crippen molar-refractivity contribution in [1.29, 1.82) is 0 Å². The Bertz CT molecular complexity index is 907. The van der Waals surface area contributed by atoms with Crippen LogP contribution < -0.4 is 9.64 Å². The van der Waals surface area contributed by atoms with Crippen LogP contribution in [0.4, 0.5) is 17.1 Å². The maximum atomic E-state index is 12.7. The van der Waals surface area contributed by atoms with Crippen molar-refractivity contribution in [2.24, 2.45) is 0 Å². The van der Waals surface area contributed by atoms with Gasteiger partial charge >= 0.3 is 5.69 Å². The minimum Gasteiger partial charge on any atom is -0.490 e. The van der Waals surface area contributed by atoms with Crippen LogP contribution in [0.5, 0.6) is 5.75 Å². The quantitative estimate of drug-likeness (QED) is 0.572. The first kappa shape index (κ1) is 19.1. The van der Waals surface area contributed by atoms with E-state index in [-0.39, 0.29) is 28.6 Å². The molecule has 2 aromatic carbocycles. The molecule has 1 saturated heterocycles. The molecule has 3 rings (SSSR count). The molecule has 0 saturated carbocycles. The molecule has 10 heteroatoms. The molecule has 1 amide bonds. The molecule has 1 fully saturated rings. The summed E-state index contributed by atoms with van der Waals surface area (Å²) in [7, 11) is 1.33. The lowest BCUT2D eigenvalue weighted by molar-refractivity contribution is -0.385. The molecule has 0 aromatic heterocycles. The monoisotopic (exact) mass is 386 g/mol. The third-order valence-corrected chi connectivity index (χ3v) is 4.62. The number of benzene rings is 2. The van der Waals surface area contributed by atoms with Gasteiger partial charge in [0.1, 0.15) is 0 Å². The van der Waals surface area contributed by atoms with Gasteiger partial charge < -0.3 is 14.5 Å². The van der Waals surface area contributed by atoms with E-state index >= 15 is 0 Å². The van der Waals surface area contributed by atoms with E-state index in [1.165, 1.54) is 37.4 Å². The number of hydrogen-bond acceptors (Lipinski definition) is 7. The number of rotatable bonds is 5. The SMILES string of the molecule is COc1ccc(C(=O)N2CCN(c3ccc([N+](=O)[O-])cc3)CC2)cc1[N+](=O)[O-]. The maximum Gasteiger partial charge on any atom is 0.311 e. The number of anilines is 1. The van der Waals surface area contributed by atoms with Crippen LogP contribution in [0.2, 0.25) is 0 Å². The van der Waals surface area contributed by atoms with E-state index in [4.69, 9.17) is 4.74 Å². The number of nitro benzene ring substituents is 2. The molecular formula is C18H18N4O6. The molecule has 0 bridgehead atoms. The van der Waals surface area contributed by atoms with Gasteiger partial charge in [-0.05, 0) is 24.3 Å². The van der Waals surface area contributed by atoms with Gasteiger partial charge in [0.05, 0.1) is 17.0 Å². The van der Waals surface area contributed by atoms with Gasteiger partial charge in [0.25, 0.3) is 11.6 Å². The molecule has 28 heavy (non-hydrogen) atoms. The molecule has 1 aliphatic rings. The van der Waals surface area contributed by atoms with Crippen molar-refractivity contribution in [2.45, 2.75) is 0 Å². The average Bonchev–Trinajstić information content (AvgIpc) is 2.73. The van der Waals surface area contributed by atoms with E-state index in [1.807, 2.05) is 4.90 Å². The Morgan fingerprint density at radius 1 is 0.964 bits per heavy atom. The van der Waals surface area contributed by atoms with Gasteiger partial charge in [-0.15, -0.1) is 0 Å². The van der Waals surface area contributed by atoms with E-state index in [1.54, 1.807) is 17.0 Å². The molecule has 0 atom stereocenters. The first-order chi connectivity index (χ1) is 13.4. The largest absolute Gasteiger partial charge is 0.490 e. The number of piperazine rings is 1. The number of ether oxygens (including phenoxy) is 1. The second-order valence-corrected chi connectivity index (χ2v) is 6.20. The first-order valence-corrected chi connectivity index (χ1v) is 8.52. The molecule has 146 valence electrons. The van der Waals surface area contributed by atoms with Crippen molar-refractivity contribution in [2.75, 3.05) is 38.2 Å². The number of carbonyl (C=O) groups is 1. The third-order valence-electron chi connectivity index (χ3n) is 4.62. The summed E-state index contributed by atoms with van der Waals surface area (Å²) < 4.78 is 4.96. The average molecular weight is 386 g/mol. The standard InChI is InChI=1S/C18H18N4O6/c1-28-17-7-2-13(12-16(17)22(26)27)18(23)20-10-8-19(9-11-20)14-3-5-15(6-4-14)21(24)25/h2-7,12H,8-11H2,1H3. The summed E-state index contributed by atoms with van der Waals surface area (Å²) in [5, 5.41) is 21.9. The lowest BCUT2D eigenvalue weighted by atomic mass is 10.1. The molecule has 0 unspecified atom stereocenters. The van der Waals surface area contributed by atoms with Crippen LogP contribution in [0.3, 0.4) is 0 Å². The van der Waals surface area contributed by atoms with E-state index in [0.717, 1.165) is 5.69 Å². The second kappa shape index (κ2) is 7.91. The van der Waals surface area contributed by atoms with Gasteiger partial charge in [-0.1, -0.05) is 0 Å². The normalized spacial score (nSPS) is 13.9. The Kier molecular flexibility index (Phi) is 5.39. The predicted octanol–water partition coefficient (Wildman–Crippen LogP) is 2.47. The maximum absolute atomic E-state index is 12.7. The van der Waals surface area contributed by atoms with Crippen LogP contribution in [0.25, 0.3) is 0 Å². The Morgan fingerprint density at radius 3 is 2.14 bits per heavy atom. The molecule has 2 aromatic rings. The highest BCUT2D eigenvalue weighted by Gasteiger charge is 2.25. The zero-order valence-corrected chi connectivity index (χ0v) is 15.1. The van der Waals surface area contributed by atoms with Gasteiger partial charge in [-0.3, -0.25) is 25.0 Å². The fraction of sp³-hybridized carbons (Fsp3) is 0.278. The van der Waals surface area contributed by atoms with Gasteiger partial charge in [0.15, 0.2) is 5.75 Å². The molecule has 0 aliphatic carbocycles. The summed E-state index contributed by atoms with van der Waals surface area (Å²) in [6, 6.07) is 10.4. The molecule has 1 heterocycles. The third kappa shape index (κ3) is 3.85. The van der Waals surface area contributed by atoms with Crippen molar-refractivity contribution >= 4 is 23.0 Å². The number of non-ortho nitro benzene ring substituents is 1. The minimum atomic E-state index is -0.581. The van der Waals surface area contributed by atoms with Gasteiger partial charge in [0.2, 0.25) is 0 Å². The summed E-state index contributed by atoms with van der Waals surface area (Å²) in [6.07, 6.45) is 0. The van der Waals surface area contributed by atoms with Crippen molar-refractivity contribution in [3.8, 4) is 5.75 Å². The smallest absolute Gasteiger partial charge is 0.311 e. The number of carbonyl (C=O) groups excluding carboxylic acids is 1. The zero-order chi connectivity index (χ0) is 20.3. The highest BCUT2D eigenvalue weighted by atomic mass is 16.6. The Morgan fingerprint density at radius 2 is 1.61 bits per heavy atom. The fourth-order valence-electron chi connectivity index (χ4n) is 3.10. The first-order valence-electron chi connectivity index (χ1n) is 8.52. The highest BCUT2D eigenvalue weighted by Crippen LogP contribution is 2.28. The molecule has 1 aliphatic heterocycles. The van der Waals surface area contributed by atoms with Crippen LogP contribution in [-0.2, 0) is 0 Å². The molecule has 0 N–H and O–H groups in total. The topological polar surface area (TPSA) is 119 Å². The summed E-state index contributed by atoms with van der Waals surface area (Å²) in [5.41, 5.74) is 0.852. The van der Waals surface area contributed by atoms with Crippen molar-refractivity contribution in [1.82, 2.24) is 4.90 Å². The second-order valence-electron chi connectivity index (χ2n) is 6.20. The molecule has 0 spiro atoms. The van der Waals surface area contributed by atoms with Crippen LogP contribution >= 0.6 is 0 Å². The van der Waals surface area contributed by atoms with E-state index in [0.29, 0.717) is 26.2 Å². The highest BCUT2D eigenvalue weighted by molar-refractivity contribution is 5.95. The Hall–Kier alpha value is -3.69. The Labute approximate surface area is 160 Å². The van der Waals surface area contributed by atoms with Crippen molar-refractivity contribution in [3.63, 3.8) is 0 Å². The number of amides is 1. The number of nitrogens with zero attached hydrogens (tertiary/aromatic N) is 4. The van der Waals surface area contributed by atoms with Crippen molar-refractivity contribution < 1.29 is 19.4 Å². The van der Waals surface area contributed by atoms with Crippen LogP contribution in [0.15, 0.2) is 42.5 Å². The van der Waals surface area contributed by atoms with Crippen LogP contribution in [-0.4, -0.2) is 53.9 Å². The fourth-order valence-corrected chi connectivity index (χ4v) is 3.10. The van der Waals surface area contributed by atoms with Gasteiger partial charge in [-0.25, -0.2) is 0 Å². The number of methoxy groups -OCH3 is 1. The Balaban J connectivity index is 1.67. The zero-order valence-electron chi connectivity index (χ0n) is 15.1. The van der Waals surface area contributed by atoms with E-state index in [9.17, 15) is 25.0 Å². The summed E-state index contributed by atoms with van der Waals surface area (Å²) in [4.78, 5) is 37.2. The van der Waals surface area contributed by atoms with Crippen LogP contribution in [0, 0.1) is 20.2 Å². The minimum absolute atomic E-state index is 0.0265. The summed E-state index contributed by atoms with van der Waals surface area (Å²) in [5.74, 6) is -0.182. The van der Waals surface area contributed by atoms with Gasteiger partial charge in [0, 0.05) is 55.6 Å². The molecular weight excluding hydrogens is 368 g/mol. The summed E-state index contributed by atoms with van der Waals surface area (Å²) in [6.45, 7) is 1.99. The van der Waals surface area contributed by atoms with Gasteiger partial charge in [-0.2, -0.15) is 0 Å². The molecule has 0 radical (unpaired) electrons. The lowest BCUT2D eigenvalue weighted by Gasteiger charge is -2.36. The predicted molar refractivity (Wildman–Crippen MR) is 101 cm³/mol.